The van der Waals surface area contributed by atoms with Gasteiger partial charge in [-0.15, -0.1) is 0 Å². The lowest BCUT2D eigenvalue weighted by Gasteiger charge is -2.25. The predicted octanol–water partition coefficient (Wildman–Crippen LogP) is 5.31. The lowest BCUT2D eigenvalue weighted by Crippen LogP contribution is -2.42. The van der Waals surface area contributed by atoms with Crippen molar-refractivity contribution in [1.29, 1.82) is 0 Å². The van der Waals surface area contributed by atoms with Crippen LogP contribution in [-0.4, -0.2) is 35.2 Å². The number of alkyl carbamates (subject to hydrolysis) is 1. The number of anilines is 1. The Morgan fingerprint density at radius 2 is 1.94 bits per heavy atom. The minimum atomic E-state index is -0.560. The van der Waals surface area contributed by atoms with E-state index in [-0.39, 0.29) is 17.9 Å². The molecule has 2 amide bonds. The minimum absolute atomic E-state index is 0.0319. The Morgan fingerprint density at radius 3 is 2.63 bits per heavy atom. The van der Waals surface area contributed by atoms with E-state index < -0.39 is 11.7 Å². The van der Waals surface area contributed by atoms with Crippen LogP contribution in [0, 0.1) is 11.8 Å². The number of ether oxygens (including phenoxy) is 3. The molecule has 4 rings (SSSR count). The molecule has 1 atom stereocenters. The highest BCUT2D eigenvalue weighted by Gasteiger charge is 2.30. The van der Waals surface area contributed by atoms with E-state index in [2.05, 4.69) is 29.5 Å². The van der Waals surface area contributed by atoms with Gasteiger partial charge in [0.1, 0.15) is 36.1 Å². The number of benzene rings is 1. The summed E-state index contributed by atoms with van der Waals surface area (Å²) in [6, 6.07) is 7.42. The van der Waals surface area contributed by atoms with E-state index in [1.165, 1.54) is 0 Å². The van der Waals surface area contributed by atoms with Crippen molar-refractivity contribution in [2.24, 2.45) is 11.8 Å². The molecule has 1 saturated carbocycles. The van der Waals surface area contributed by atoms with Crippen molar-refractivity contribution in [3.8, 4) is 22.6 Å². The fourth-order valence-corrected chi connectivity index (χ4v) is 3.99. The first-order valence-corrected chi connectivity index (χ1v) is 12.3. The van der Waals surface area contributed by atoms with Crippen molar-refractivity contribution in [3.05, 3.63) is 36.0 Å². The van der Waals surface area contributed by atoms with Gasteiger partial charge in [-0.2, -0.15) is 0 Å². The maximum absolute atomic E-state index is 12.3. The Labute approximate surface area is 206 Å². The molecule has 1 aromatic heterocycles. The third kappa shape index (κ3) is 6.87. The van der Waals surface area contributed by atoms with Gasteiger partial charge in [-0.25, -0.2) is 9.78 Å². The van der Waals surface area contributed by atoms with Crippen LogP contribution in [0.3, 0.4) is 0 Å². The summed E-state index contributed by atoms with van der Waals surface area (Å²) in [7, 11) is 0. The van der Waals surface area contributed by atoms with E-state index in [1.54, 1.807) is 6.20 Å². The first kappa shape index (κ1) is 24.8. The first-order chi connectivity index (χ1) is 16.6. The number of carbonyl (C=O) groups is 2. The zero-order valence-corrected chi connectivity index (χ0v) is 21.1. The van der Waals surface area contributed by atoms with Crippen molar-refractivity contribution >= 4 is 17.8 Å². The number of amides is 2. The maximum Gasteiger partial charge on any atom is 0.407 e. The number of hydrogen-bond donors (Lipinski definition) is 2. The largest absolute Gasteiger partial charge is 0.491 e. The summed E-state index contributed by atoms with van der Waals surface area (Å²) >= 11 is 0. The van der Waals surface area contributed by atoms with Crippen LogP contribution in [0.2, 0.25) is 0 Å². The Morgan fingerprint density at radius 1 is 1.17 bits per heavy atom. The Hall–Kier alpha value is -3.29. The number of fused-ring (bicyclic) bond motifs is 3. The van der Waals surface area contributed by atoms with Gasteiger partial charge in [-0.1, -0.05) is 13.8 Å². The Balaban J connectivity index is 1.43. The number of nitrogens with one attached hydrogen (secondary N) is 2. The molecule has 2 aliphatic rings. The molecule has 0 spiro atoms. The average Bonchev–Trinajstić information content (AvgIpc) is 3.61. The molecule has 2 N–H and O–H groups in total. The summed E-state index contributed by atoms with van der Waals surface area (Å²) in [5, 5.41) is 5.84. The van der Waals surface area contributed by atoms with Gasteiger partial charge < -0.3 is 24.8 Å². The van der Waals surface area contributed by atoms with Crippen LogP contribution >= 0.6 is 0 Å². The lowest BCUT2D eigenvalue weighted by atomic mass is 9.98. The van der Waals surface area contributed by atoms with Crippen LogP contribution in [0.5, 0.6) is 11.5 Å². The summed E-state index contributed by atoms with van der Waals surface area (Å²) in [6.45, 7) is 10.4. The highest BCUT2D eigenvalue weighted by atomic mass is 16.6. The number of hydrogen-bond acceptors (Lipinski definition) is 6. The third-order valence-corrected chi connectivity index (χ3v) is 5.74. The van der Waals surface area contributed by atoms with Crippen LogP contribution in [0.25, 0.3) is 11.1 Å². The monoisotopic (exact) mass is 481 g/mol. The molecule has 1 aliphatic heterocycles. The fourth-order valence-electron chi connectivity index (χ4n) is 3.99. The maximum atomic E-state index is 12.3. The highest BCUT2D eigenvalue weighted by Crippen LogP contribution is 2.40. The molecule has 8 nitrogen and oxygen atoms in total. The predicted molar refractivity (Wildman–Crippen MR) is 133 cm³/mol. The van der Waals surface area contributed by atoms with Crippen LogP contribution in [0.1, 0.15) is 59.4 Å². The summed E-state index contributed by atoms with van der Waals surface area (Å²) in [5.41, 5.74) is 2.32. The highest BCUT2D eigenvalue weighted by molar-refractivity contribution is 5.94. The summed E-state index contributed by atoms with van der Waals surface area (Å²) < 4.78 is 17.4. The molecule has 0 saturated heterocycles. The molecule has 35 heavy (non-hydrogen) atoms. The van der Waals surface area contributed by atoms with Crippen molar-refractivity contribution in [2.45, 2.75) is 72.1 Å². The normalized spacial score (nSPS) is 15.4. The fraction of sp³-hybridized carbons (Fsp3) is 0.519. The second kappa shape index (κ2) is 10.1. The molecule has 8 heteroatoms. The topological polar surface area (TPSA) is 98.8 Å². The quantitative estimate of drug-likeness (QED) is 0.530. The van der Waals surface area contributed by atoms with E-state index in [0.29, 0.717) is 36.4 Å². The van der Waals surface area contributed by atoms with E-state index >= 15 is 0 Å². The molecule has 1 aromatic carbocycles. The van der Waals surface area contributed by atoms with Gasteiger partial charge in [0.05, 0.1) is 6.04 Å². The van der Waals surface area contributed by atoms with Crippen molar-refractivity contribution in [3.63, 3.8) is 0 Å². The molecule has 0 radical (unpaired) electrons. The van der Waals surface area contributed by atoms with Gasteiger partial charge >= 0.3 is 6.09 Å². The molecule has 1 fully saturated rings. The lowest BCUT2D eigenvalue weighted by molar-refractivity contribution is -0.117. The number of aromatic nitrogens is 1. The van der Waals surface area contributed by atoms with Crippen molar-refractivity contribution in [1.82, 2.24) is 10.3 Å². The molecular weight excluding hydrogens is 446 g/mol. The van der Waals surface area contributed by atoms with Crippen LogP contribution in [0.4, 0.5) is 10.6 Å². The molecular formula is C27H35N3O5. The smallest absolute Gasteiger partial charge is 0.407 e. The van der Waals surface area contributed by atoms with Crippen LogP contribution < -0.4 is 20.1 Å². The number of pyridine rings is 1. The molecule has 1 aliphatic carbocycles. The van der Waals surface area contributed by atoms with Gasteiger partial charge in [0.25, 0.3) is 0 Å². The van der Waals surface area contributed by atoms with Gasteiger partial charge in [-0.3, -0.25) is 4.79 Å². The Kier molecular flexibility index (Phi) is 7.19. The molecule has 2 aromatic rings. The molecule has 0 unspecified atom stereocenters. The standard InChI is InChI=1S/C27H35N3O5/c1-16(2)10-19(29-26(32)35-27(3,4)5)15-33-20-8-9-21-22-12-24(30-25(31)17-6-7-17)28-13-18(22)14-34-23(21)11-20/h8-9,11-13,16-17,19H,6-7,10,14-15H2,1-5H3,(H,29,32)(H,28,30,31)/t19-/m0/s1. The molecule has 0 bridgehead atoms. The van der Waals surface area contributed by atoms with Gasteiger partial charge in [-0.05, 0) is 69.7 Å². The number of nitrogens with zero attached hydrogens (tertiary/aromatic N) is 1. The zero-order valence-electron chi connectivity index (χ0n) is 21.1. The summed E-state index contributed by atoms with van der Waals surface area (Å²) in [6.07, 6.45) is 3.96. The first-order valence-electron chi connectivity index (χ1n) is 12.3. The van der Waals surface area contributed by atoms with Gasteiger partial charge in [0.15, 0.2) is 0 Å². The van der Waals surface area contributed by atoms with Gasteiger partial charge in [0.2, 0.25) is 5.91 Å². The van der Waals surface area contributed by atoms with E-state index in [1.807, 2.05) is 45.0 Å². The van der Waals surface area contributed by atoms with Gasteiger partial charge in [0, 0.05) is 29.3 Å². The SMILES string of the molecule is CC(C)C[C@@H](COc1ccc2c(c1)OCc1cnc(NC(=O)C3CC3)cc1-2)NC(=O)OC(C)(C)C. The second-order valence-corrected chi connectivity index (χ2v) is 10.7. The van der Waals surface area contributed by atoms with E-state index in [9.17, 15) is 9.59 Å². The Bertz CT molecular complexity index is 1090. The number of carbonyl (C=O) groups excluding carboxylic acids is 2. The zero-order chi connectivity index (χ0) is 25.2. The summed E-state index contributed by atoms with van der Waals surface area (Å²) in [4.78, 5) is 28.8. The van der Waals surface area contributed by atoms with Crippen molar-refractivity contribution < 1.29 is 23.8 Å². The molecule has 188 valence electrons. The average molecular weight is 482 g/mol. The van der Waals surface area contributed by atoms with Crippen LogP contribution in [0.15, 0.2) is 30.5 Å². The second-order valence-electron chi connectivity index (χ2n) is 10.7. The number of rotatable bonds is 8. The minimum Gasteiger partial charge on any atom is -0.491 e. The van der Waals surface area contributed by atoms with Crippen molar-refractivity contribution in [2.75, 3.05) is 11.9 Å². The van der Waals surface area contributed by atoms with E-state index in [0.717, 1.165) is 36.0 Å². The molecule has 2 heterocycles. The van der Waals surface area contributed by atoms with Crippen LogP contribution in [-0.2, 0) is 16.1 Å². The third-order valence-electron chi connectivity index (χ3n) is 5.74. The van der Waals surface area contributed by atoms with E-state index in [4.69, 9.17) is 14.2 Å². The summed E-state index contributed by atoms with van der Waals surface area (Å²) in [5.74, 6) is 2.45.